The highest BCUT2D eigenvalue weighted by molar-refractivity contribution is 5.87. The first-order valence-electron chi connectivity index (χ1n) is 7.69. The number of rotatable bonds is 4. The first kappa shape index (κ1) is 13.2. The van der Waals surface area contributed by atoms with E-state index in [4.69, 9.17) is 0 Å². The van der Waals surface area contributed by atoms with Crippen LogP contribution in [0.25, 0.3) is 5.57 Å². The molecule has 102 valence electrons. The zero-order valence-corrected chi connectivity index (χ0v) is 12.4. The molecule has 2 aromatic carbocycles. The molecule has 0 nitrogen and oxygen atoms in total. The Bertz CT molecular complexity index is 621. The van der Waals surface area contributed by atoms with Crippen LogP contribution in [0.2, 0.25) is 0 Å². The Morgan fingerprint density at radius 2 is 1.55 bits per heavy atom. The zero-order chi connectivity index (χ0) is 14.0. The fourth-order valence-corrected chi connectivity index (χ4v) is 3.56. The molecule has 1 atom stereocenters. The van der Waals surface area contributed by atoms with Crippen molar-refractivity contribution in [2.75, 3.05) is 0 Å². The summed E-state index contributed by atoms with van der Waals surface area (Å²) in [7, 11) is 0. The molecule has 0 heteroatoms. The minimum absolute atomic E-state index is 0.233. The van der Waals surface area contributed by atoms with Crippen LogP contribution in [0, 0.1) is 0 Å². The van der Waals surface area contributed by atoms with E-state index in [1.807, 2.05) is 0 Å². The molecule has 0 aliphatic heterocycles. The normalized spacial score (nSPS) is 20.6. The van der Waals surface area contributed by atoms with Gasteiger partial charge in [-0.25, -0.2) is 0 Å². The summed E-state index contributed by atoms with van der Waals surface area (Å²) in [6.45, 7) is 4.60. The number of hydrogen-bond acceptors (Lipinski definition) is 0. The molecule has 1 unspecified atom stereocenters. The van der Waals surface area contributed by atoms with Crippen LogP contribution in [-0.2, 0) is 5.41 Å². The Kier molecular flexibility index (Phi) is 3.48. The lowest BCUT2D eigenvalue weighted by molar-refractivity contribution is 0.474. The van der Waals surface area contributed by atoms with E-state index in [0.717, 1.165) is 0 Å². The van der Waals surface area contributed by atoms with Crippen LogP contribution in [0.5, 0.6) is 0 Å². The van der Waals surface area contributed by atoms with Gasteiger partial charge in [0.1, 0.15) is 0 Å². The zero-order valence-electron chi connectivity index (χ0n) is 12.4. The van der Waals surface area contributed by atoms with Gasteiger partial charge in [0.15, 0.2) is 0 Å². The second-order valence-corrected chi connectivity index (χ2v) is 5.73. The fraction of sp³-hybridized carbons (Fsp3) is 0.300. The van der Waals surface area contributed by atoms with E-state index in [2.05, 4.69) is 74.5 Å². The highest BCUT2D eigenvalue weighted by Crippen LogP contribution is 2.47. The first-order valence-corrected chi connectivity index (χ1v) is 7.69. The van der Waals surface area contributed by atoms with E-state index < -0.39 is 0 Å². The summed E-state index contributed by atoms with van der Waals surface area (Å²) in [6, 6.07) is 19.7. The van der Waals surface area contributed by atoms with Gasteiger partial charge in [0, 0.05) is 5.41 Å². The standard InChI is InChI=1S/C20H22/c1-3-14-20(4-2)15-18(16-10-6-5-7-11-16)17-12-8-9-13-19(17)20/h5-13,15H,3-4,14H2,1-2H3. The number of allylic oxidation sites excluding steroid dienone is 1. The van der Waals surface area contributed by atoms with E-state index in [1.54, 1.807) is 0 Å². The Hall–Kier alpha value is -1.82. The van der Waals surface area contributed by atoms with Gasteiger partial charge in [-0.3, -0.25) is 0 Å². The van der Waals surface area contributed by atoms with Crippen LogP contribution in [-0.4, -0.2) is 0 Å². The second kappa shape index (κ2) is 5.28. The maximum absolute atomic E-state index is 2.52. The third-order valence-electron chi connectivity index (χ3n) is 4.59. The summed E-state index contributed by atoms with van der Waals surface area (Å²) < 4.78 is 0. The summed E-state index contributed by atoms with van der Waals surface area (Å²) in [5.74, 6) is 0. The van der Waals surface area contributed by atoms with Crippen LogP contribution in [0.15, 0.2) is 60.7 Å². The molecule has 0 N–H and O–H groups in total. The smallest absolute Gasteiger partial charge is 0.0145 e. The molecule has 0 heterocycles. The molecule has 0 amide bonds. The molecular weight excluding hydrogens is 240 g/mol. The van der Waals surface area contributed by atoms with Crippen LogP contribution in [0.1, 0.15) is 49.8 Å². The topological polar surface area (TPSA) is 0 Å². The van der Waals surface area contributed by atoms with Gasteiger partial charge in [-0.05, 0) is 35.1 Å². The Balaban J connectivity index is 2.18. The molecule has 0 spiro atoms. The van der Waals surface area contributed by atoms with Crippen LogP contribution in [0.4, 0.5) is 0 Å². The van der Waals surface area contributed by atoms with E-state index >= 15 is 0 Å². The van der Waals surface area contributed by atoms with E-state index in [-0.39, 0.29) is 5.41 Å². The third kappa shape index (κ3) is 2.00. The Morgan fingerprint density at radius 1 is 0.850 bits per heavy atom. The second-order valence-electron chi connectivity index (χ2n) is 5.73. The molecular formula is C20H22. The molecule has 0 fully saturated rings. The van der Waals surface area contributed by atoms with Crippen LogP contribution >= 0.6 is 0 Å². The first-order chi connectivity index (χ1) is 9.80. The number of hydrogen-bond donors (Lipinski definition) is 0. The summed E-state index contributed by atoms with van der Waals surface area (Å²) in [6.07, 6.45) is 6.16. The summed E-state index contributed by atoms with van der Waals surface area (Å²) in [4.78, 5) is 0. The van der Waals surface area contributed by atoms with Crippen molar-refractivity contribution in [2.24, 2.45) is 0 Å². The maximum atomic E-state index is 2.52. The lowest BCUT2D eigenvalue weighted by Crippen LogP contribution is -2.20. The minimum Gasteiger partial charge on any atom is -0.0654 e. The van der Waals surface area contributed by atoms with Crippen molar-refractivity contribution in [2.45, 2.75) is 38.5 Å². The lowest BCUT2D eigenvalue weighted by Gasteiger charge is -2.27. The molecule has 20 heavy (non-hydrogen) atoms. The molecule has 0 bridgehead atoms. The highest BCUT2D eigenvalue weighted by Gasteiger charge is 2.35. The highest BCUT2D eigenvalue weighted by atomic mass is 14.4. The van der Waals surface area contributed by atoms with E-state index in [1.165, 1.54) is 41.5 Å². The fourth-order valence-electron chi connectivity index (χ4n) is 3.56. The number of fused-ring (bicyclic) bond motifs is 1. The molecule has 1 aliphatic rings. The molecule has 3 rings (SSSR count). The predicted octanol–water partition coefficient (Wildman–Crippen LogP) is 5.58. The quantitative estimate of drug-likeness (QED) is 0.674. The maximum Gasteiger partial charge on any atom is 0.0145 e. The molecule has 2 aromatic rings. The van der Waals surface area contributed by atoms with Crippen molar-refractivity contribution in [3.8, 4) is 0 Å². The van der Waals surface area contributed by atoms with Crippen molar-refractivity contribution in [3.05, 3.63) is 77.4 Å². The van der Waals surface area contributed by atoms with E-state index in [0.29, 0.717) is 0 Å². The average molecular weight is 262 g/mol. The number of benzene rings is 2. The summed E-state index contributed by atoms with van der Waals surface area (Å²) in [5, 5.41) is 0. The van der Waals surface area contributed by atoms with E-state index in [9.17, 15) is 0 Å². The molecule has 0 radical (unpaired) electrons. The van der Waals surface area contributed by atoms with Gasteiger partial charge in [0.05, 0.1) is 0 Å². The third-order valence-corrected chi connectivity index (χ3v) is 4.59. The summed E-state index contributed by atoms with van der Waals surface area (Å²) in [5.41, 5.74) is 5.93. The summed E-state index contributed by atoms with van der Waals surface area (Å²) >= 11 is 0. The van der Waals surface area contributed by atoms with Crippen molar-refractivity contribution in [3.63, 3.8) is 0 Å². The average Bonchev–Trinajstić information content (AvgIpc) is 2.84. The minimum atomic E-state index is 0.233. The lowest BCUT2D eigenvalue weighted by atomic mass is 9.76. The van der Waals surface area contributed by atoms with Crippen molar-refractivity contribution in [1.82, 2.24) is 0 Å². The van der Waals surface area contributed by atoms with Gasteiger partial charge in [0.25, 0.3) is 0 Å². The molecule has 0 saturated carbocycles. The monoisotopic (exact) mass is 262 g/mol. The molecule has 0 saturated heterocycles. The van der Waals surface area contributed by atoms with Gasteiger partial charge in [0.2, 0.25) is 0 Å². The Labute approximate surface area is 122 Å². The van der Waals surface area contributed by atoms with Crippen molar-refractivity contribution >= 4 is 5.57 Å². The van der Waals surface area contributed by atoms with Gasteiger partial charge in [-0.15, -0.1) is 0 Å². The Morgan fingerprint density at radius 3 is 2.25 bits per heavy atom. The van der Waals surface area contributed by atoms with Crippen LogP contribution in [0.3, 0.4) is 0 Å². The predicted molar refractivity (Wildman–Crippen MR) is 86.8 cm³/mol. The van der Waals surface area contributed by atoms with Crippen molar-refractivity contribution < 1.29 is 0 Å². The van der Waals surface area contributed by atoms with Crippen LogP contribution < -0.4 is 0 Å². The van der Waals surface area contributed by atoms with Gasteiger partial charge in [-0.1, -0.05) is 80.9 Å². The molecule has 0 aromatic heterocycles. The van der Waals surface area contributed by atoms with Crippen molar-refractivity contribution in [1.29, 1.82) is 0 Å². The van der Waals surface area contributed by atoms with Gasteiger partial charge in [-0.2, -0.15) is 0 Å². The molecule has 1 aliphatic carbocycles. The largest absolute Gasteiger partial charge is 0.0654 e. The van der Waals surface area contributed by atoms with Gasteiger partial charge >= 0.3 is 0 Å². The SMILES string of the molecule is CCCC1(CC)C=C(c2ccccc2)c2ccccc21. The van der Waals surface area contributed by atoms with Gasteiger partial charge < -0.3 is 0 Å².